The molecule has 1 aliphatic heterocycles. The van der Waals surface area contributed by atoms with Crippen molar-refractivity contribution in [1.82, 2.24) is 15.6 Å². The number of methoxy groups -OCH3 is 1. The van der Waals surface area contributed by atoms with Crippen molar-refractivity contribution in [1.29, 1.82) is 5.41 Å². The van der Waals surface area contributed by atoms with Crippen LogP contribution in [0.25, 0.3) is 0 Å². The number of nitrogens with one attached hydrogen (secondary N) is 3. The summed E-state index contributed by atoms with van der Waals surface area (Å²) in [4.78, 5) is 41.8. The summed E-state index contributed by atoms with van der Waals surface area (Å²) < 4.78 is 15.7. The fraction of sp³-hybridized carbons (Fsp3) is 0.375. The van der Waals surface area contributed by atoms with Gasteiger partial charge in [0, 0.05) is 18.2 Å². The number of benzene rings is 1. The molecule has 1 unspecified atom stereocenters. The van der Waals surface area contributed by atoms with Gasteiger partial charge in [-0.2, -0.15) is 0 Å². The molecule has 0 aliphatic carbocycles. The van der Waals surface area contributed by atoms with Crippen LogP contribution in [-0.4, -0.2) is 67.6 Å². The number of pyridine rings is 1. The van der Waals surface area contributed by atoms with E-state index in [-0.39, 0.29) is 30.7 Å². The van der Waals surface area contributed by atoms with Crippen LogP contribution in [0.1, 0.15) is 34.5 Å². The lowest BCUT2D eigenvalue weighted by Crippen LogP contribution is -2.44. The molecule has 0 bridgehead atoms. The summed E-state index contributed by atoms with van der Waals surface area (Å²) in [5, 5.41) is 13.2. The molecule has 186 valence electrons. The fourth-order valence-corrected chi connectivity index (χ4v) is 3.47. The SMILES string of the molecule is COc1ccc(CC(NC(=O)c2ccc(C(=N)N)cn2)C(=O)OC(=O)COC2CCNCC2)cc1. The second-order valence-electron chi connectivity index (χ2n) is 7.98. The number of hydrogen-bond donors (Lipinski definition) is 4. The highest BCUT2D eigenvalue weighted by Crippen LogP contribution is 2.14. The fourth-order valence-electron chi connectivity index (χ4n) is 3.47. The van der Waals surface area contributed by atoms with Crippen LogP contribution in [0.4, 0.5) is 0 Å². The van der Waals surface area contributed by atoms with Gasteiger partial charge in [-0.25, -0.2) is 9.59 Å². The number of nitrogen functional groups attached to an aromatic ring is 1. The van der Waals surface area contributed by atoms with Gasteiger partial charge in [-0.1, -0.05) is 12.1 Å². The Balaban J connectivity index is 1.66. The highest BCUT2D eigenvalue weighted by atomic mass is 16.6. The van der Waals surface area contributed by atoms with Gasteiger partial charge in [-0.05, 0) is 55.8 Å². The highest BCUT2D eigenvalue weighted by molar-refractivity contribution is 5.98. The summed E-state index contributed by atoms with van der Waals surface area (Å²) >= 11 is 0. The molecule has 1 aromatic heterocycles. The molecule has 2 heterocycles. The number of piperidine rings is 1. The van der Waals surface area contributed by atoms with Gasteiger partial charge in [0.15, 0.2) is 0 Å². The summed E-state index contributed by atoms with van der Waals surface area (Å²) in [6, 6.07) is 8.63. The third-order valence-corrected chi connectivity index (χ3v) is 5.43. The Morgan fingerprint density at radius 2 is 1.89 bits per heavy atom. The lowest BCUT2D eigenvalue weighted by Gasteiger charge is -2.22. The standard InChI is InChI=1S/C24H29N5O6/c1-33-17-5-2-15(3-6-17)12-20(29-23(31)19-7-4-16(13-28-19)22(25)26)24(32)35-21(30)14-34-18-8-10-27-11-9-18/h2-7,13,18,20,27H,8-12,14H2,1H3,(H3,25,26)(H,29,31). The average molecular weight is 484 g/mol. The predicted molar refractivity (Wildman–Crippen MR) is 126 cm³/mol. The predicted octanol–water partition coefficient (Wildman–Crippen LogP) is 0.554. The number of nitrogens with two attached hydrogens (primary N) is 1. The number of carbonyl (C=O) groups is 3. The van der Waals surface area contributed by atoms with Crippen molar-refractivity contribution in [3.05, 3.63) is 59.4 Å². The van der Waals surface area contributed by atoms with Crippen LogP contribution in [0.5, 0.6) is 5.75 Å². The second-order valence-corrected chi connectivity index (χ2v) is 7.98. The van der Waals surface area contributed by atoms with Crippen molar-refractivity contribution < 1.29 is 28.6 Å². The third-order valence-electron chi connectivity index (χ3n) is 5.43. The molecule has 1 saturated heterocycles. The normalized spacial score (nSPS) is 14.5. The lowest BCUT2D eigenvalue weighted by molar-refractivity contribution is -0.165. The van der Waals surface area contributed by atoms with E-state index in [1.165, 1.54) is 25.4 Å². The number of rotatable bonds is 10. The quantitative estimate of drug-likeness (QED) is 0.163. The molecule has 3 rings (SSSR count). The zero-order chi connectivity index (χ0) is 25.2. The Bertz CT molecular complexity index is 1040. The van der Waals surface area contributed by atoms with Crippen molar-refractivity contribution >= 4 is 23.7 Å². The Kier molecular flexibility index (Phi) is 9.27. The zero-order valence-corrected chi connectivity index (χ0v) is 19.4. The van der Waals surface area contributed by atoms with E-state index in [2.05, 4.69) is 15.6 Å². The number of nitrogens with zero attached hydrogens (tertiary/aromatic N) is 1. The molecule has 2 aromatic rings. The minimum absolute atomic E-state index is 0.0168. The monoisotopic (exact) mass is 483 g/mol. The van der Waals surface area contributed by atoms with Crippen molar-refractivity contribution in [2.45, 2.75) is 31.4 Å². The first-order valence-electron chi connectivity index (χ1n) is 11.2. The number of esters is 2. The van der Waals surface area contributed by atoms with Gasteiger partial charge >= 0.3 is 11.9 Å². The Hall–Kier alpha value is -3.83. The van der Waals surface area contributed by atoms with Crippen LogP contribution < -0.4 is 21.1 Å². The second kappa shape index (κ2) is 12.6. The van der Waals surface area contributed by atoms with E-state index >= 15 is 0 Å². The van der Waals surface area contributed by atoms with Crippen LogP contribution in [0.15, 0.2) is 42.6 Å². The van der Waals surface area contributed by atoms with Crippen LogP contribution >= 0.6 is 0 Å². The van der Waals surface area contributed by atoms with Crippen LogP contribution in [-0.2, 0) is 25.5 Å². The zero-order valence-electron chi connectivity index (χ0n) is 19.4. The molecule has 1 aliphatic rings. The van der Waals surface area contributed by atoms with Crippen molar-refractivity contribution in [2.24, 2.45) is 5.73 Å². The molecule has 1 atom stereocenters. The van der Waals surface area contributed by atoms with Crippen LogP contribution in [0, 0.1) is 5.41 Å². The molecule has 1 fully saturated rings. The maximum Gasteiger partial charge on any atom is 0.339 e. The molecule has 0 radical (unpaired) electrons. The first-order chi connectivity index (χ1) is 16.9. The molecule has 1 aromatic carbocycles. The minimum Gasteiger partial charge on any atom is -0.497 e. The van der Waals surface area contributed by atoms with Crippen molar-refractivity contribution in [3.63, 3.8) is 0 Å². The van der Waals surface area contributed by atoms with E-state index in [9.17, 15) is 14.4 Å². The molecule has 11 nitrogen and oxygen atoms in total. The summed E-state index contributed by atoms with van der Waals surface area (Å²) in [6.45, 7) is 1.25. The van der Waals surface area contributed by atoms with Gasteiger partial charge in [-0.15, -0.1) is 0 Å². The smallest absolute Gasteiger partial charge is 0.339 e. The molecular formula is C24H29N5O6. The molecule has 35 heavy (non-hydrogen) atoms. The summed E-state index contributed by atoms with van der Waals surface area (Å²) in [7, 11) is 1.54. The Morgan fingerprint density at radius 1 is 1.17 bits per heavy atom. The summed E-state index contributed by atoms with van der Waals surface area (Å²) in [5.74, 6) is -1.93. The molecule has 1 amide bonds. The first kappa shape index (κ1) is 25.8. The molecular weight excluding hydrogens is 454 g/mol. The lowest BCUT2D eigenvalue weighted by atomic mass is 10.1. The van der Waals surface area contributed by atoms with Crippen molar-refractivity contribution in [2.75, 3.05) is 26.8 Å². The van der Waals surface area contributed by atoms with Crippen LogP contribution in [0.3, 0.4) is 0 Å². The van der Waals surface area contributed by atoms with Gasteiger partial charge < -0.3 is 30.6 Å². The average Bonchev–Trinajstić information content (AvgIpc) is 2.88. The third kappa shape index (κ3) is 7.87. The van der Waals surface area contributed by atoms with Crippen molar-refractivity contribution in [3.8, 4) is 5.75 Å². The van der Waals surface area contributed by atoms with Gasteiger partial charge in [0.25, 0.3) is 5.91 Å². The minimum atomic E-state index is -1.16. The molecule has 11 heteroatoms. The van der Waals surface area contributed by atoms with Gasteiger partial charge in [0.1, 0.15) is 29.9 Å². The number of hydrogen-bond acceptors (Lipinski definition) is 9. The molecule has 0 saturated carbocycles. The van der Waals surface area contributed by atoms with Gasteiger partial charge in [-0.3, -0.25) is 15.2 Å². The maximum atomic E-state index is 12.8. The Morgan fingerprint density at radius 3 is 2.49 bits per heavy atom. The van der Waals surface area contributed by atoms with E-state index in [1.807, 2.05) is 0 Å². The number of amidine groups is 1. The molecule has 0 spiro atoms. The topological polar surface area (TPSA) is 166 Å². The Labute approximate surface area is 202 Å². The van der Waals surface area contributed by atoms with Crippen LogP contribution in [0.2, 0.25) is 0 Å². The largest absolute Gasteiger partial charge is 0.497 e. The highest BCUT2D eigenvalue weighted by Gasteiger charge is 2.27. The number of ether oxygens (including phenoxy) is 3. The number of carbonyl (C=O) groups excluding carboxylic acids is 3. The number of aromatic nitrogens is 1. The van der Waals surface area contributed by atoms with E-state index in [0.29, 0.717) is 16.9 Å². The molecule has 5 N–H and O–H groups in total. The maximum absolute atomic E-state index is 12.8. The summed E-state index contributed by atoms with van der Waals surface area (Å²) in [5.41, 5.74) is 6.50. The number of amides is 1. The summed E-state index contributed by atoms with van der Waals surface area (Å²) in [6.07, 6.45) is 2.83. The van der Waals surface area contributed by atoms with E-state index < -0.39 is 23.9 Å². The van der Waals surface area contributed by atoms with E-state index in [0.717, 1.165) is 25.9 Å². The van der Waals surface area contributed by atoms with E-state index in [1.54, 1.807) is 24.3 Å². The van der Waals surface area contributed by atoms with E-state index in [4.69, 9.17) is 25.4 Å². The first-order valence-corrected chi connectivity index (χ1v) is 11.2. The van der Waals surface area contributed by atoms with Gasteiger partial charge in [0.05, 0.1) is 13.2 Å². The van der Waals surface area contributed by atoms with Gasteiger partial charge in [0.2, 0.25) is 0 Å².